The summed E-state index contributed by atoms with van der Waals surface area (Å²) >= 11 is 5.34. The Morgan fingerprint density at radius 3 is 2.65 bits per heavy atom. The van der Waals surface area contributed by atoms with Gasteiger partial charge in [-0.1, -0.05) is 40.2 Å². The molecule has 0 aliphatic rings. The summed E-state index contributed by atoms with van der Waals surface area (Å²) in [7, 11) is 2.03. The average Bonchev–Trinajstić information content (AvgIpc) is 2.97. The quantitative estimate of drug-likeness (QED) is 0.687. The largest absolute Gasteiger partial charge is 0.313 e. The molecule has 20 heavy (non-hydrogen) atoms. The lowest BCUT2D eigenvalue weighted by Gasteiger charge is -2.16. The fourth-order valence-electron chi connectivity index (χ4n) is 2.47. The van der Waals surface area contributed by atoms with Gasteiger partial charge in [0.15, 0.2) is 0 Å². The van der Waals surface area contributed by atoms with Crippen molar-refractivity contribution in [2.45, 2.75) is 12.5 Å². The van der Waals surface area contributed by atoms with E-state index < -0.39 is 0 Å². The van der Waals surface area contributed by atoms with E-state index in [1.807, 2.05) is 18.4 Å². The van der Waals surface area contributed by atoms with Crippen molar-refractivity contribution in [1.29, 1.82) is 0 Å². The van der Waals surface area contributed by atoms with Crippen molar-refractivity contribution in [1.82, 2.24) is 5.32 Å². The third-order valence-electron chi connectivity index (χ3n) is 3.56. The van der Waals surface area contributed by atoms with E-state index in [0.29, 0.717) is 6.04 Å². The molecule has 102 valence electrons. The van der Waals surface area contributed by atoms with Gasteiger partial charge in [0.1, 0.15) is 0 Å². The van der Waals surface area contributed by atoms with Crippen LogP contribution in [0.4, 0.5) is 0 Å². The number of hydrogen-bond donors (Lipinski definition) is 1. The molecule has 3 aromatic rings. The zero-order chi connectivity index (χ0) is 13.9. The zero-order valence-corrected chi connectivity index (χ0v) is 13.7. The summed E-state index contributed by atoms with van der Waals surface area (Å²) in [5, 5.41) is 8.13. The van der Waals surface area contributed by atoms with Crippen LogP contribution in [0.1, 0.15) is 16.5 Å². The SMILES string of the molecule is CNC(Cc1cccs1)c1ccc2cc(Br)ccc2c1. The molecule has 1 unspecified atom stereocenters. The summed E-state index contributed by atoms with van der Waals surface area (Å²) in [6, 6.07) is 17.8. The molecule has 0 saturated heterocycles. The van der Waals surface area contributed by atoms with Gasteiger partial charge in [0.25, 0.3) is 0 Å². The Bertz CT molecular complexity index is 706. The smallest absolute Gasteiger partial charge is 0.0366 e. The monoisotopic (exact) mass is 345 g/mol. The van der Waals surface area contributed by atoms with Crippen LogP contribution in [0.3, 0.4) is 0 Å². The molecule has 0 amide bonds. The molecule has 3 heteroatoms. The highest BCUT2D eigenvalue weighted by atomic mass is 79.9. The summed E-state index contributed by atoms with van der Waals surface area (Å²) in [5.74, 6) is 0. The van der Waals surface area contributed by atoms with Crippen LogP contribution in [0.25, 0.3) is 10.8 Å². The Kier molecular flexibility index (Phi) is 4.20. The maximum absolute atomic E-state index is 3.52. The number of benzene rings is 2. The minimum Gasteiger partial charge on any atom is -0.313 e. The summed E-state index contributed by atoms with van der Waals surface area (Å²) < 4.78 is 1.13. The predicted octanol–water partition coefficient (Wildman–Crippen LogP) is 5.17. The number of fused-ring (bicyclic) bond motifs is 1. The molecule has 0 saturated carbocycles. The van der Waals surface area contributed by atoms with E-state index in [9.17, 15) is 0 Å². The molecule has 3 rings (SSSR count). The molecule has 0 aliphatic heterocycles. The Balaban J connectivity index is 1.93. The third-order valence-corrected chi connectivity index (χ3v) is 4.95. The Labute approximate surface area is 131 Å². The van der Waals surface area contributed by atoms with Crippen molar-refractivity contribution in [3.05, 3.63) is 68.8 Å². The number of hydrogen-bond acceptors (Lipinski definition) is 2. The first kappa shape index (κ1) is 13.8. The number of likely N-dealkylation sites (N-methyl/N-ethyl adjacent to an activating group) is 1. The molecular weight excluding hydrogens is 330 g/mol. The van der Waals surface area contributed by atoms with Crippen LogP contribution in [-0.2, 0) is 6.42 Å². The summed E-state index contributed by atoms with van der Waals surface area (Å²) in [5.41, 5.74) is 1.34. The highest BCUT2D eigenvalue weighted by Gasteiger charge is 2.11. The number of rotatable bonds is 4. The van der Waals surface area contributed by atoms with Gasteiger partial charge in [-0.05, 0) is 53.0 Å². The molecule has 1 aromatic heterocycles. The van der Waals surface area contributed by atoms with Gasteiger partial charge in [-0.2, -0.15) is 0 Å². The average molecular weight is 346 g/mol. The van der Waals surface area contributed by atoms with E-state index in [1.165, 1.54) is 21.2 Å². The summed E-state index contributed by atoms with van der Waals surface area (Å²) in [6.45, 7) is 0. The van der Waals surface area contributed by atoms with Gasteiger partial charge in [0.2, 0.25) is 0 Å². The number of halogens is 1. The highest BCUT2D eigenvalue weighted by molar-refractivity contribution is 9.10. The van der Waals surface area contributed by atoms with Crippen LogP contribution < -0.4 is 5.32 Å². The second kappa shape index (κ2) is 6.08. The first-order chi connectivity index (χ1) is 9.76. The maximum atomic E-state index is 3.52. The first-order valence-electron chi connectivity index (χ1n) is 6.65. The van der Waals surface area contributed by atoms with E-state index in [0.717, 1.165) is 10.9 Å². The van der Waals surface area contributed by atoms with Crippen molar-refractivity contribution in [3.63, 3.8) is 0 Å². The van der Waals surface area contributed by atoms with Crippen molar-refractivity contribution in [2.75, 3.05) is 7.05 Å². The van der Waals surface area contributed by atoms with Crippen molar-refractivity contribution >= 4 is 38.0 Å². The van der Waals surface area contributed by atoms with Gasteiger partial charge in [-0.25, -0.2) is 0 Å². The third kappa shape index (κ3) is 2.95. The molecule has 0 radical (unpaired) electrons. The molecule has 2 aromatic carbocycles. The zero-order valence-electron chi connectivity index (χ0n) is 11.3. The molecule has 0 aliphatic carbocycles. The van der Waals surface area contributed by atoms with Gasteiger partial charge >= 0.3 is 0 Å². The normalized spacial score (nSPS) is 12.7. The standard InChI is InChI=1S/C17H16BrNS/c1-19-17(11-16-3-2-8-20-16)14-5-4-13-10-15(18)7-6-12(13)9-14/h2-10,17,19H,11H2,1H3. The molecule has 0 spiro atoms. The van der Waals surface area contributed by atoms with Crippen LogP contribution >= 0.6 is 27.3 Å². The van der Waals surface area contributed by atoms with E-state index in [-0.39, 0.29) is 0 Å². The van der Waals surface area contributed by atoms with E-state index in [2.05, 4.69) is 75.2 Å². The minimum atomic E-state index is 0.363. The molecular formula is C17H16BrNS. The van der Waals surface area contributed by atoms with Crippen molar-refractivity contribution in [3.8, 4) is 0 Å². The predicted molar refractivity (Wildman–Crippen MR) is 91.5 cm³/mol. The number of thiophene rings is 1. The van der Waals surface area contributed by atoms with Crippen molar-refractivity contribution < 1.29 is 0 Å². The van der Waals surface area contributed by atoms with Gasteiger partial charge < -0.3 is 5.32 Å². The fourth-order valence-corrected chi connectivity index (χ4v) is 3.60. The Morgan fingerprint density at radius 2 is 1.90 bits per heavy atom. The van der Waals surface area contributed by atoms with E-state index in [1.54, 1.807) is 0 Å². The molecule has 0 bridgehead atoms. The Morgan fingerprint density at radius 1 is 1.10 bits per heavy atom. The second-order valence-corrected chi connectivity index (χ2v) is 6.82. The van der Waals surface area contributed by atoms with Crippen LogP contribution in [-0.4, -0.2) is 7.05 Å². The first-order valence-corrected chi connectivity index (χ1v) is 8.32. The van der Waals surface area contributed by atoms with Gasteiger partial charge in [-0.15, -0.1) is 11.3 Å². The summed E-state index contributed by atoms with van der Waals surface area (Å²) in [4.78, 5) is 1.42. The van der Waals surface area contributed by atoms with Gasteiger partial charge in [-0.3, -0.25) is 0 Å². The van der Waals surface area contributed by atoms with Gasteiger partial charge in [0, 0.05) is 21.8 Å². The molecule has 1 N–H and O–H groups in total. The molecule has 1 atom stereocenters. The highest BCUT2D eigenvalue weighted by Crippen LogP contribution is 2.26. The fraction of sp³-hybridized carbons (Fsp3) is 0.176. The lowest BCUT2D eigenvalue weighted by molar-refractivity contribution is 0.597. The minimum absolute atomic E-state index is 0.363. The van der Waals surface area contributed by atoms with Crippen molar-refractivity contribution in [2.24, 2.45) is 0 Å². The van der Waals surface area contributed by atoms with Crippen LogP contribution in [0, 0.1) is 0 Å². The molecule has 0 fully saturated rings. The molecule has 1 nitrogen and oxygen atoms in total. The lowest BCUT2D eigenvalue weighted by Crippen LogP contribution is -2.18. The van der Waals surface area contributed by atoms with Gasteiger partial charge in [0.05, 0.1) is 0 Å². The Hall–Kier alpha value is -1.16. The second-order valence-electron chi connectivity index (χ2n) is 4.88. The maximum Gasteiger partial charge on any atom is 0.0366 e. The van der Waals surface area contributed by atoms with E-state index >= 15 is 0 Å². The lowest BCUT2D eigenvalue weighted by atomic mass is 9.99. The van der Waals surface area contributed by atoms with Crippen LogP contribution in [0.15, 0.2) is 58.4 Å². The van der Waals surface area contributed by atoms with Crippen LogP contribution in [0.5, 0.6) is 0 Å². The number of nitrogens with one attached hydrogen (secondary N) is 1. The van der Waals surface area contributed by atoms with Crippen LogP contribution in [0.2, 0.25) is 0 Å². The summed E-state index contributed by atoms with van der Waals surface area (Å²) in [6.07, 6.45) is 1.04. The topological polar surface area (TPSA) is 12.0 Å². The molecule has 1 heterocycles. The van der Waals surface area contributed by atoms with E-state index in [4.69, 9.17) is 0 Å².